The summed E-state index contributed by atoms with van der Waals surface area (Å²) in [7, 11) is 0. The summed E-state index contributed by atoms with van der Waals surface area (Å²) in [4.78, 5) is 0. The van der Waals surface area contributed by atoms with Gasteiger partial charge in [-0.1, -0.05) is 24.3 Å². The fourth-order valence-corrected chi connectivity index (χ4v) is 1.61. The van der Waals surface area contributed by atoms with Gasteiger partial charge in [0.2, 0.25) is 0 Å². The Morgan fingerprint density at radius 2 is 1.47 bits per heavy atom. The number of hydrogen-bond donors (Lipinski definition) is 0. The Bertz CT molecular complexity index is 552. The van der Waals surface area contributed by atoms with Gasteiger partial charge in [0.05, 0.1) is 0 Å². The maximum absolute atomic E-state index is 13.2. The molecule has 2 rings (SSSR count). The van der Waals surface area contributed by atoms with Crippen molar-refractivity contribution in [1.82, 2.24) is 0 Å². The first kappa shape index (κ1) is 11.9. The lowest BCUT2D eigenvalue weighted by atomic mass is 10.1. The van der Waals surface area contributed by atoms with Gasteiger partial charge in [-0.05, 0) is 6.92 Å². The second-order valence-corrected chi connectivity index (χ2v) is 3.61. The smallest absolute Gasteiger partial charge is 0.458 e. The highest BCUT2D eigenvalue weighted by atomic mass is 19.4. The average Bonchev–Trinajstić information content (AvgIpc) is 2.56. The first-order valence-electron chi connectivity index (χ1n) is 4.68. The third-order valence-electron chi connectivity index (χ3n) is 2.45. The molecule has 0 fully saturated rings. The van der Waals surface area contributed by atoms with Crippen LogP contribution in [-0.2, 0) is 5.92 Å². The van der Waals surface area contributed by atoms with E-state index in [0.29, 0.717) is 0 Å². The zero-order chi connectivity index (χ0) is 12.8. The molecule has 0 saturated heterocycles. The minimum Gasteiger partial charge on any atom is -0.458 e. The molecular weight excluding hydrogens is 243 g/mol. The Hall–Kier alpha value is -1.59. The van der Waals surface area contributed by atoms with Crippen LogP contribution >= 0.6 is 0 Å². The predicted molar refractivity (Wildman–Crippen MR) is 50.9 cm³/mol. The lowest BCUT2D eigenvalue weighted by Gasteiger charge is -2.17. The van der Waals surface area contributed by atoms with Crippen LogP contribution in [0.2, 0.25) is 0 Å². The standard InChI is InChI=1S/C11H7F5O/c1-6-7-4-2-3-5-8(7)9(17-6)10(12,13)11(14,15)16/h2-5H,1H3. The molecular formula is C11H7F5O. The minimum absolute atomic E-state index is 0.0412. The molecule has 92 valence electrons. The van der Waals surface area contributed by atoms with Crippen LogP contribution < -0.4 is 0 Å². The van der Waals surface area contributed by atoms with Gasteiger partial charge in [-0.15, -0.1) is 0 Å². The highest BCUT2D eigenvalue weighted by Gasteiger charge is 2.61. The van der Waals surface area contributed by atoms with E-state index in [0.717, 1.165) is 0 Å². The molecule has 0 spiro atoms. The molecule has 1 heterocycles. The van der Waals surface area contributed by atoms with E-state index in [1.54, 1.807) is 6.07 Å². The van der Waals surface area contributed by atoms with Gasteiger partial charge in [0, 0.05) is 10.8 Å². The average molecular weight is 250 g/mol. The second-order valence-electron chi connectivity index (χ2n) is 3.61. The van der Waals surface area contributed by atoms with E-state index in [1.165, 1.54) is 25.1 Å². The van der Waals surface area contributed by atoms with Crippen LogP contribution in [0, 0.1) is 6.92 Å². The van der Waals surface area contributed by atoms with Gasteiger partial charge >= 0.3 is 12.1 Å². The van der Waals surface area contributed by atoms with E-state index in [1.807, 2.05) is 0 Å². The molecule has 0 radical (unpaired) electrons. The van der Waals surface area contributed by atoms with Crippen LogP contribution in [0.25, 0.3) is 10.8 Å². The Morgan fingerprint density at radius 3 is 2.00 bits per heavy atom. The molecule has 0 bridgehead atoms. The van der Waals surface area contributed by atoms with E-state index in [4.69, 9.17) is 0 Å². The predicted octanol–water partition coefficient (Wildman–Crippen LogP) is 4.40. The molecule has 17 heavy (non-hydrogen) atoms. The normalized spacial score (nSPS) is 13.3. The van der Waals surface area contributed by atoms with Crippen LogP contribution in [-0.4, -0.2) is 6.18 Å². The summed E-state index contributed by atoms with van der Waals surface area (Å²) in [6, 6.07) is 5.54. The zero-order valence-corrected chi connectivity index (χ0v) is 8.61. The van der Waals surface area contributed by atoms with Crippen molar-refractivity contribution in [2.45, 2.75) is 19.0 Å². The van der Waals surface area contributed by atoms with Crippen molar-refractivity contribution in [3.05, 3.63) is 35.8 Å². The molecule has 6 heteroatoms. The summed E-state index contributed by atoms with van der Waals surface area (Å²) in [5.41, 5.74) is 0. The van der Waals surface area contributed by atoms with E-state index >= 15 is 0 Å². The van der Waals surface area contributed by atoms with Crippen molar-refractivity contribution in [3.63, 3.8) is 0 Å². The summed E-state index contributed by atoms with van der Waals surface area (Å²) in [5.74, 6) is -6.29. The van der Waals surface area contributed by atoms with Gasteiger partial charge in [0.1, 0.15) is 5.76 Å². The fourth-order valence-electron chi connectivity index (χ4n) is 1.61. The number of hydrogen-bond acceptors (Lipinski definition) is 1. The number of fused-ring (bicyclic) bond motifs is 1. The Balaban J connectivity index is 2.72. The summed E-state index contributed by atoms with van der Waals surface area (Å²) in [6.45, 7) is 1.35. The van der Waals surface area contributed by atoms with Gasteiger partial charge in [0.25, 0.3) is 0 Å². The van der Waals surface area contributed by atoms with Gasteiger partial charge in [-0.2, -0.15) is 22.0 Å². The Morgan fingerprint density at radius 1 is 0.941 bits per heavy atom. The summed E-state index contributed by atoms with van der Waals surface area (Å²) in [5, 5.41) is 0.0405. The third kappa shape index (κ3) is 1.67. The highest BCUT2D eigenvalue weighted by Crippen LogP contribution is 2.47. The minimum atomic E-state index is -5.67. The summed E-state index contributed by atoms with van der Waals surface area (Å²) >= 11 is 0. The van der Waals surface area contributed by atoms with Gasteiger partial charge in [-0.3, -0.25) is 0 Å². The lowest BCUT2D eigenvalue weighted by molar-refractivity contribution is -0.295. The quantitative estimate of drug-likeness (QED) is 0.684. The van der Waals surface area contributed by atoms with Crippen molar-refractivity contribution in [2.75, 3.05) is 0 Å². The molecule has 1 nitrogen and oxygen atoms in total. The Kier molecular flexibility index (Phi) is 2.41. The van der Waals surface area contributed by atoms with Crippen molar-refractivity contribution in [1.29, 1.82) is 0 Å². The molecule has 0 aliphatic rings. The van der Waals surface area contributed by atoms with Crippen LogP contribution in [0.3, 0.4) is 0 Å². The maximum atomic E-state index is 13.2. The number of furan rings is 1. The van der Waals surface area contributed by atoms with E-state index in [9.17, 15) is 22.0 Å². The maximum Gasteiger partial charge on any atom is 0.461 e. The van der Waals surface area contributed by atoms with Crippen LogP contribution in [0.15, 0.2) is 28.7 Å². The third-order valence-corrected chi connectivity index (χ3v) is 2.45. The molecule has 2 aromatic rings. The van der Waals surface area contributed by atoms with Crippen LogP contribution in [0.5, 0.6) is 0 Å². The van der Waals surface area contributed by atoms with E-state index in [2.05, 4.69) is 4.42 Å². The molecule has 0 aliphatic carbocycles. The lowest BCUT2D eigenvalue weighted by Crippen LogP contribution is -2.33. The number of rotatable bonds is 1. The zero-order valence-electron chi connectivity index (χ0n) is 8.61. The molecule has 0 unspecified atom stereocenters. The van der Waals surface area contributed by atoms with Gasteiger partial charge < -0.3 is 4.42 Å². The number of aryl methyl sites for hydroxylation is 1. The van der Waals surface area contributed by atoms with Crippen molar-refractivity contribution in [3.8, 4) is 0 Å². The topological polar surface area (TPSA) is 13.1 Å². The molecule has 0 atom stereocenters. The monoisotopic (exact) mass is 250 g/mol. The van der Waals surface area contributed by atoms with Crippen molar-refractivity contribution in [2.24, 2.45) is 0 Å². The van der Waals surface area contributed by atoms with Crippen molar-refractivity contribution >= 4 is 10.8 Å². The molecule has 0 N–H and O–H groups in total. The largest absolute Gasteiger partial charge is 0.461 e. The van der Waals surface area contributed by atoms with E-state index in [-0.39, 0.29) is 16.5 Å². The first-order chi connectivity index (χ1) is 7.75. The van der Waals surface area contributed by atoms with Crippen LogP contribution in [0.1, 0.15) is 11.5 Å². The van der Waals surface area contributed by atoms with Gasteiger partial charge in [0.15, 0.2) is 5.76 Å². The summed E-state index contributed by atoms with van der Waals surface area (Å²) < 4.78 is 67.7. The highest BCUT2D eigenvalue weighted by molar-refractivity contribution is 5.87. The van der Waals surface area contributed by atoms with Crippen molar-refractivity contribution < 1.29 is 26.4 Å². The van der Waals surface area contributed by atoms with Crippen LogP contribution in [0.4, 0.5) is 22.0 Å². The number of halogens is 5. The first-order valence-corrected chi connectivity index (χ1v) is 4.68. The fraction of sp³-hybridized carbons (Fsp3) is 0.273. The molecule has 1 aromatic carbocycles. The molecule has 0 aliphatic heterocycles. The molecule has 1 aromatic heterocycles. The SMILES string of the molecule is Cc1oc(C(F)(F)C(F)(F)F)c2ccccc12. The number of alkyl halides is 5. The molecule has 0 saturated carbocycles. The molecule has 0 amide bonds. The van der Waals surface area contributed by atoms with Gasteiger partial charge in [-0.25, -0.2) is 0 Å². The second kappa shape index (κ2) is 3.45. The van der Waals surface area contributed by atoms with E-state index < -0.39 is 17.9 Å². The summed E-state index contributed by atoms with van der Waals surface area (Å²) in [6.07, 6.45) is -5.67. The Labute approximate surface area is 92.8 Å². The number of benzene rings is 1.